The number of benzodiazepines with no additional fused rings is 1. The second-order valence-corrected chi connectivity index (χ2v) is 9.00. The van der Waals surface area contributed by atoms with Crippen LogP contribution in [-0.4, -0.2) is 32.7 Å². The number of rotatable bonds is 5. The first kappa shape index (κ1) is 19.9. The fourth-order valence-corrected chi connectivity index (χ4v) is 4.13. The second-order valence-electron chi connectivity index (χ2n) is 6.95. The minimum absolute atomic E-state index is 0.0666. The Labute approximate surface area is 187 Å². The summed E-state index contributed by atoms with van der Waals surface area (Å²) in [6.45, 7) is 1.03. The van der Waals surface area contributed by atoms with E-state index in [0.717, 1.165) is 5.56 Å². The molecule has 0 aliphatic carbocycles. The second kappa shape index (κ2) is 8.63. The molecule has 4 rings (SSSR count). The molecule has 0 spiro atoms. The van der Waals surface area contributed by atoms with E-state index >= 15 is 0 Å². The predicted octanol–water partition coefficient (Wildman–Crippen LogP) is 4.21. The molecule has 0 saturated carbocycles. The lowest BCUT2D eigenvalue weighted by molar-refractivity contribution is -0.117. The van der Waals surface area contributed by atoms with Crippen LogP contribution < -0.4 is 5.32 Å². The molecule has 0 radical (unpaired) electrons. The van der Waals surface area contributed by atoms with Crippen LogP contribution in [0.1, 0.15) is 18.1 Å². The van der Waals surface area contributed by atoms with Crippen molar-refractivity contribution in [1.82, 2.24) is 0 Å². The molecule has 3 aromatic carbocycles. The van der Waals surface area contributed by atoms with Gasteiger partial charge in [-0.15, -0.1) is 0 Å². The van der Waals surface area contributed by atoms with Gasteiger partial charge in [0.15, 0.2) is 6.02 Å². The van der Waals surface area contributed by atoms with E-state index in [1.807, 2.05) is 13.0 Å². The van der Waals surface area contributed by atoms with Gasteiger partial charge in [0.2, 0.25) is 0 Å². The molecule has 0 fully saturated rings. The lowest BCUT2D eigenvalue weighted by Crippen LogP contribution is -2.31. The Kier molecular flexibility index (Phi) is 5.55. The number of amides is 1. The van der Waals surface area contributed by atoms with Crippen molar-refractivity contribution in [3.05, 3.63) is 94.5 Å². The summed E-state index contributed by atoms with van der Waals surface area (Å²) in [5.41, 5.74) is 2.79. The molecule has 3 aromatic rings. The van der Waals surface area contributed by atoms with Crippen molar-refractivity contribution in [1.29, 1.82) is 0 Å². The number of fused-ring (bicyclic) bond motifs is 1. The maximum atomic E-state index is 12.9. The van der Waals surface area contributed by atoms with Gasteiger partial charge in [-0.25, -0.2) is 0 Å². The van der Waals surface area contributed by atoms with E-state index in [-0.39, 0.29) is 4.90 Å². The number of aliphatic imine (C=N–C) groups is 1. The van der Waals surface area contributed by atoms with Gasteiger partial charge in [-0.3, -0.25) is 14.0 Å². The van der Waals surface area contributed by atoms with Crippen molar-refractivity contribution >= 4 is 39.0 Å². The zero-order valence-electron chi connectivity index (χ0n) is 17.5. The molecule has 31 heavy (non-hydrogen) atoms. The first-order chi connectivity index (χ1) is 15.2. The molecule has 1 unspecified atom stereocenters. The van der Waals surface area contributed by atoms with Crippen molar-refractivity contribution in [2.24, 2.45) is 4.99 Å². The molecule has 1 N–H and O–H groups in total. The van der Waals surface area contributed by atoms with Gasteiger partial charge in [-0.05, 0) is 37.3 Å². The van der Waals surface area contributed by atoms with Crippen molar-refractivity contribution in [2.45, 2.75) is 17.8 Å². The monoisotopic (exact) mass is 455 g/mol. The molecule has 1 amide bonds. The minimum Gasteiger partial charge on any atom is -0.324 e. The van der Waals surface area contributed by atoms with Crippen LogP contribution in [0.15, 0.2) is 82.7 Å². The maximum absolute atomic E-state index is 12.9. The Morgan fingerprint density at radius 2 is 1.81 bits per heavy atom. The highest BCUT2D eigenvalue weighted by molar-refractivity contribution is 7.86. The van der Waals surface area contributed by atoms with Crippen molar-refractivity contribution in [2.75, 3.05) is 11.9 Å². The topological polar surface area (TPSA) is 84.8 Å². The smallest absolute Gasteiger partial charge is 0.297 e. The molecular formula is C23H19ClN2O4S. The number of aryl methyl sites for hydroxylation is 1. The van der Waals surface area contributed by atoms with Gasteiger partial charge < -0.3 is 5.32 Å². The van der Waals surface area contributed by atoms with Crippen LogP contribution in [0.3, 0.4) is 0 Å². The van der Waals surface area contributed by atoms with Crippen LogP contribution in [0.4, 0.5) is 5.69 Å². The Bertz CT molecular complexity index is 1310. The summed E-state index contributed by atoms with van der Waals surface area (Å²) in [6, 6.07) is 17.7. The summed E-state index contributed by atoms with van der Waals surface area (Å²) in [7, 11) is -4.20. The van der Waals surface area contributed by atoms with Gasteiger partial charge in [-0.2, -0.15) is 8.42 Å². The third-order valence-electron chi connectivity index (χ3n) is 4.70. The van der Waals surface area contributed by atoms with Crippen molar-refractivity contribution in [3.8, 4) is 0 Å². The van der Waals surface area contributed by atoms with Crippen LogP contribution in [0.5, 0.6) is 0 Å². The van der Waals surface area contributed by atoms with Gasteiger partial charge >= 0.3 is 0 Å². The zero-order valence-corrected chi connectivity index (χ0v) is 18.1. The van der Waals surface area contributed by atoms with Gasteiger partial charge in [0, 0.05) is 16.1 Å². The minimum atomic E-state index is -4.20. The van der Waals surface area contributed by atoms with E-state index in [4.69, 9.17) is 17.2 Å². The molecule has 1 aliphatic heterocycles. The summed E-state index contributed by atoms with van der Waals surface area (Å²) in [5.74, 6) is -0.814. The van der Waals surface area contributed by atoms with Crippen LogP contribution in [0, 0.1) is 6.92 Å². The van der Waals surface area contributed by atoms with E-state index in [0.29, 0.717) is 27.5 Å². The molecule has 1 aliphatic rings. The van der Waals surface area contributed by atoms with E-state index in [2.05, 4.69) is 10.3 Å². The van der Waals surface area contributed by atoms with Crippen LogP contribution in [0.25, 0.3) is 0 Å². The molecule has 1 atom stereocenters. The summed E-state index contributed by atoms with van der Waals surface area (Å²) in [5, 5.41) is 3.08. The Balaban J connectivity index is 1.75. The van der Waals surface area contributed by atoms with Gasteiger partial charge in [0.05, 0.1) is 24.3 Å². The Hall–Kier alpha value is -3.00. The number of halogens is 1. The maximum Gasteiger partial charge on any atom is 0.297 e. The number of hydrogen-bond acceptors (Lipinski definition) is 5. The van der Waals surface area contributed by atoms with Crippen molar-refractivity contribution < 1.29 is 18.8 Å². The Morgan fingerprint density at radius 3 is 2.52 bits per heavy atom. The number of nitrogens with zero attached hydrogens (tertiary/aromatic N) is 1. The third-order valence-corrected chi connectivity index (χ3v) is 6.21. The molecule has 0 aromatic heterocycles. The standard InChI is InChI=1S/C23H19ClN2O4S/c1-15-7-10-18(11-8-15)31(28,29)30-14-21-23(27)26-20-12-9-17(24)13-19(20)22(25-21)16-5-3-2-4-6-16/h2-13,21H,14H2,1H3,(H,26,27)/i21D. The van der Waals surface area contributed by atoms with Gasteiger partial charge in [0.1, 0.15) is 0 Å². The number of carbonyl (C=O) groups is 1. The van der Waals surface area contributed by atoms with E-state index in [9.17, 15) is 13.2 Å². The largest absolute Gasteiger partial charge is 0.324 e. The fourth-order valence-electron chi connectivity index (χ4n) is 3.08. The molecule has 1 heterocycles. The highest BCUT2D eigenvalue weighted by Gasteiger charge is 2.28. The number of benzene rings is 3. The number of hydrogen-bond donors (Lipinski definition) is 1. The first-order valence-electron chi connectivity index (χ1n) is 9.91. The quantitative estimate of drug-likeness (QED) is 0.584. The van der Waals surface area contributed by atoms with Gasteiger partial charge in [-0.1, -0.05) is 59.6 Å². The molecule has 158 valence electrons. The summed E-state index contributed by atoms with van der Waals surface area (Å²) in [4.78, 5) is 17.3. The summed E-state index contributed by atoms with van der Waals surface area (Å²) >= 11 is 6.17. The fraction of sp³-hybridized carbons (Fsp3) is 0.130. The molecule has 0 saturated heterocycles. The zero-order chi connectivity index (χ0) is 22.9. The first-order valence-corrected chi connectivity index (χ1v) is 11.2. The van der Waals surface area contributed by atoms with Crippen LogP contribution in [0.2, 0.25) is 5.02 Å². The average molecular weight is 456 g/mol. The highest BCUT2D eigenvalue weighted by Crippen LogP contribution is 2.27. The molecule has 6 nitrogen and oxygen atoms in total. The molecule has 0 bridgehead atoms. The van der Waals surface area contributed by atoms with E-state index in [1.54, 1.807) is 54.6 Å². The van der Waals surface area contributed by atoms with Crippen LogP contribution in [-0.2, 0) is 19.1 Å². The SMILES string of the molecule is [2H]C1(COS(=O)(=O)c2ccc(C)cc2)N=C(c2ccccc2)c2cc(Cl)ccc2NC1=O. The Morgan fingerprint density at radius 1 is 1.10 bits per heavy atom. The summed E-state index contributed by atoms with van der Waals surface area (Å²) < 4.78 is 39.1. The highest BCUT2D eigenvalue weighted by atomic mass is 35.5. The van der Waals surface area contributed by atoms with Crippen molar-refractivity contribution in [3.63, 3.8) is 0 Å². The third kappa shape index (κ3) is 4.69. The van der Waals surface area contributed by atoms with E-state index < -0.39 is 28.7 Å². The van der Waals surface area contributed by atoms with E-state index in [1.165, 1.54) is 12.1 Å². The molecular weight excluding hydrogens is 436 g/mol. The number of nitrogens with one attached hydrogen (secondary N) is 1. The average Bonchev–Trinajstić information content (AvgIpc) is 2.88. The number of anilines is 1. The van der Waals surface area contributed by atoms with Gasteiger partial charge in [0.25, 0.3) is 16.0 Å². The summed E-state index contributed by atoms with van der Waals surface area (Å²) in [6.07, 6.45) is 0. The molecule has 8 heteroatoms. The lowest BCUT2D eigenvalue weighted by Gasteiger charge is -2.12. The predicted molar refractivity (Wildman–Crippen MR) is 120 cm³/mol. The number of carbonyl (C=O) groups excluding carboxylic acids is 1. The lowest BCUT2D eigenvalue weighted by atomic mass is 10.0. The van der Waals surface area contributed by atoms with Crippen LogP contribution >= 0.6 is 11.6 Å². The normalized spacial score (nSPS) is 19.0.